The number of aromatic nitrogens is 5. The lowest BCUT2D eigenvalue weighted by atomic mass is 9.93. The first-order valence-electron chi connectivity index (χ1n) is 9.90. The van der Waals surface area contributed by atoms with Gasteiger partial charge in [-0.15, -0.1) is 15.0 Å². The van der Waals surface area contributed by atoms with Gasteiger partial charge in [0.15, 0.2) is 6.33 Å². The maximum absolute atomic E-state index is 13.5. The van der Waals surface area contributed by atoms with Crippen LogP contribution in [0.25, 0.3) is 5.69 Å². The Labute approximate surface area is 173 Å². The Morgan fingerprint density at radius 2 is 2.13 bits per heavy atom. The van der Waals surface area contributed by atoms with Crippen LogP contribution in [0.15, 0.2) is 42.9 Å². The summed E-state index contributed by atoms with van der Waals surface area (Å²) in [5.74, 6) is 0.0745. The summed E-state index contributed by atoms with van der Waals surface area (Å²) in [7, 11) is 0. The molecule has 2 unspecified atom stereocenters. The van der Waals surface area contributed by atoms with Crippen molar-refractivity contribution < 1.29 is 13.9 Å². The van der Waals surface area contributed by atoms with Crippen LogP contribution in [0, 0.1) is 18.7 Å². The van der Waals surface area contributed by atoms with Crippen LogP contribution in [0.3, 0.4) is 0 Å². The molecule has 0 bridgehead atoms. The fourth-order valence-electron chi connectivity index (χ4n) is 3.68. The minimum absolute atomic E-state index is 0.0666. The minimum atomic E-state index is -0.401. The van der Waals surface area contributed by atoms with E-state index in [1.807, 2.05) is 30.0 Å². The first-order valence-corrected chi connectivity index (χ1v) is 9.90. The Kier molecular flexibility index (Phi) is 5.69. The number of benzene rings is 1. The third-order valence-electron chi connectivity index (χ3n) is 5.35. The third kappa shape index (κ3) is 4.29. The summed E-state index contributed by atoms with van der Waals surface area (Å²) < 4.78 is 18.7. The summed E-state index contributed by atoms with van der Waals surface area (Å²) in [6.45, 7) is 4.99. The van der Waals surface area contributed by atoms with Gasteiger partial charge >= 0.3 is 0 Å². The van der Waals surface area contributed by atoms with Crippen LogP contribution >= 0.6 is 0 Å². The molecule has 3 heterocycles. The van der Waals surface area contributed by atoms with E-state index in [1.54, 1.807) is 0 Å². The zero-order valence-corrected chi connectivity index (χ0v) is 16.9. The van der Waals surface area contributed by atoms with Crippen molar-refractivity contribution in [2.75, 3.05) is 13.2 Å². The molecule has 1 fully saturated rings. The van der Waals surface area contributed by atoms with Crippen molar-refractivity contribution in [3.8, 4) is 11.6 Å². The van der Waals surface area contributed by atoms with Gasteiger partial charge in [-0.1, -0.05) is 11.6 Å². The molecule has 0 spiro atoms. The van der Waals surface area contributed by atoms with Gasteiger partial charge in [0.1, 0.15) is 11.5 Å². The fourth-order valence-corrected chi connectivity index (χ4v) is 3.68. The predicted octanol–water partition coefficient (Wildman–Crippen LogP) is 2.82. The summed E-state index contributed by atoms with van der Waals surface area (Å²) >= 11 is 0. The summed E-state index contributed by atoms with van der Waals surface area (Å²) in [5, 5.41) is 11.8. The van der Waals surface area contributed by atoms with Crippen LogP contribution in [-0.2, 0) is 0 Å². The molecule has 8 nitrogen and oxygen atoms in total. The van der Waals surface area contributed by atoms with Crippen molar-refractivity contribution in [1.82, 2.24) is 30.1 Å². The SMILES string of the molecule is Cc1ccc(-n2ncnn2)c(C(=O)N2CC(COc3ccc(F)cn3)CCC2C)c1. The largest absolute Gasteiger partial charge is 0.477 e. The van der Waals surface area contributed by atoms with Crippen LogP contribution in [0.1, 0.15) is 35.7 Å². The van der Waals surface area contributed by atoms with Crippen LogP contribution in [-0.4, -0.2) is 55.2 Å². The average molecular weight is 410 g/mol. The van der Waals surface area contributed by atoms with Gasteiger partial charge < -0.3 is 9.64 Å². The molecular weight excluding hydrogens is 387 g/mol. The quantitative estimate of drug-likeness (QED) is 0.643. The molecule has 3 aromatic rings. The van der Waals surface area contributed by atoms with E-state index in [1.165, 1.54) is 23.3 Å². The summed E-state index contributed by atoms with van der Waals surface area (Å²) in [5.41, 5.74) is 2.12. The molecular formula is C21H23FN6O2. The molecule has 0 radical (unpaired) electrons. The number of tetrazole rings is 1. The normalized spacial score (nSPS) is 19.0. The highest BCUT2D eigenvalue weighted by molar-refractivity contribution is 5.98. The zero-order chi connectivity index (χ0) is 21.1. The van der Waals surface area contributed by atoms with E-state index in [4.69, 9.17) is 4.74 Å². The van der Waals surface area contributed by atoms with Crippen molar-refractivity contribution >= 4 is 5.91 Å². The van der Waals surface area contributed by atoms with Crippen LogP contribution in [0.5, 0.6) is 5.88 Å². The van der Waals surface area contributed by atoms with Gasteiger partial charge in [-0.05, 0) is 50.1 Å². The third-order valence-corrected chi connectivity index (χ3v) is 5.35. The second-order valence-corrected chi connectivity index (χ2v) is 7.62. The maximum Gasteiger partial charge on any atom is 0.256 e. The maximum atomic E-state index is 13.5. The molecule has 2 aromatic heterocycles. The second-order valence-electron chi connectivity index (χ2n) is 7.62. The molecule has 0 saturated carbocycles. The molecule has 1 aromatic carbocycles. The number of carbonyl (C=O) groups excluding carboxylic acids is 1. The first-order chi connectivity index (χ1) is 14.5. The lowest BCUT2D eigenvalue weighted by molar-refractivity contribution is 0.0502. The molecule has 30 heavy (non-hydrogen) atoms. The fraction of sp³-hybridized carbons (Fsp3) is 0.381. The Bertz CT molecular complexity index is 1010. The van der Waals surface area contributed by atoms with Crippen LogP contribution < -0.4 is 4.74 Å². The van der Waals surface area contributed by atoms with Gasteiger partial charge in [0.05, 0.1) is 18.4 Å². The molecule has 2 atom stereocenters. The highest BCUT2D eigenvalue weighted by atomic mass is 19.1. The van der Waals surface area contributed by atoms with Crippen LogP contribution in [0.2, 0.25) is 0 Å². The van der Waals surface area contributed by atoms with Gasteiger partial charge in [-0.25, -0.2) is 9.37 Å². The van der Waals surface area contributed by atoms with Gasteiger partial charge in [0, 0.05) is 24.6 Å². The molecule has 1 saturated heterocycles. The number of nitrogens with zero attached hydrogens (tertiary/aromatic N) is 6. The standard InChI is InChI=1S/C21H23FN6O2/c1-14-3-7-19(28-25-13-24-26-28)18(9-14)21(29)27-11-16(5-4-15(27)2)12-30-20-8-6-17(22)10-23-20/h3,6-10,13,15-16H,4-5,11-12H2,1-2H3. The number of pyridine rings is 1. The average Bonchev–Trinajstić information content (AvgIpc) is 3.28. The number of halogens is 1. The van der Waals surface area contributed by atoms with Crippen molar-refractivity contribution in [2.24, 2.45) is 5.92 Å². The first kappa shape index (κ1) is 19.9. The summed E-state index contributed by atoms with van der Waals surface area (Å²) in [6, 6.07) is 8.54. The number of ether oxygens (including phenoxy) is 1. The Balaban J connectivity index is 1.50. The smallest absolute Gasteiger partial charge is 0.256 e. The topological polar surface area (TPSA) is 86.0 Å². The number of hydrogen-bond donors (Lipinski definition) is 0. The lowest BCUT2D eigenvalue weighted by Gasteiger charge is -2.38. The van der Waals surface area contributed by atoms with Crippen molar-refractivity contribution in [3.05, 3.63) is 59.8 Å². The van der Waals surface area contributed by atoms with E-state index < -0.39 is 5.82 Å². The van der Waals surface area contributed by atoms with E-state index in [9.17, 15) is 9.18 Å². The van der Waals surface area contributed by atoms with Gasteiger partial charge in [-0.2, -0.15) is 0 Å². The van der Waals surface area contributed by atoms with Crippen molar-refractivity contribution in [2.45, 2.75) is 32.7 Å². The molecule has 1 amide bonds. The number of aryl methyl sites for hydroxylation is 1. The molecule has 0 aliphatic carbocycles. The summed E-state index contributed by atoms with van der Waals surface area (Å²) in [6.07, 6.45) is 4.29. The monoisotopic (exact) mass is 410 g/mol. The molecule has 4 rings (SSSR count). The highest BCUT2D eigenvalue weighted by Gasteiger charge is 2.31. The van der Waals surface area contributed by atoms with Gasteiger partial charge in [0.25, 0.3) is 5.91 Å². The number of likely N-dealkylation sites (tertiary alicyclic amines) is 1. The highest BCUT2D eigenvalue weighted by Crippen LogP contribution is 2.26. The summed E-state index contributed by atoms with van der Waals surface area (Å²) in [4.78, 5) is 20.6. The van der Waals surface area contributed by atoms with E-state index in [0.29, 0.717) is 30.3 Å². The van der Waals surface area contributed by atoms with Crippen LogP contribution in [0.4, 0.5) is 4.39 Å². The molecule has 0 N–H and O–H groups in total. The Morgan fingerprint density at radius 3 is 2.87 bits per heavy atom. The van der Waals surface area contributed by atoms with Gasteiger partial charge in [0.2, 0.25) is 5.88 Å². The van der Waals surface area contributed by atoms with E-state index >= 15 is 0 Å². The number of rotatable bonds is 5. The van der Waals surface area contributed by atoms with E-state index in [2.05, 4.69) is 27.3 Å². The zero-order valence-electron chi connectivity index (χ0n) is 16.9. The van der Waals surface area contributed by atoms with E-state index in [0.717, 1.165) is 24.6 Å². The Morgan fingerprint density at radius 1 is 1.27 bits per heavy atom. The molecule has 156 valence electrons. The predicted molar refractivity (Wildman–Crippen MR) is 107 cm³/mol. The lowest BCUT2D eigenvalue weighted by Crippen LogP contribution is -2.47. The Hall–Kier alpha value is -3.36. The second kappa shape index (κ2) is 8.56. The van der Waals surface area contributed by atoms with Gasteiger partial charge in [-0.3, -0.25) is 4.79 Å². The number of piperidine rings is 1. The molecule has 1 aliphatic rings. The number of carbonyl (C=O) groups is 1. The molecule has 1 aliphatic heterocycles. The van der Waals surface area contributed by atoms with Crippen molar-refractivity contribution in [1.29, 1.82) is 0 Å². The van der Waals surface area contributed by atoms with E-state index in [-0.39, 0.29) is 17.9 Å². The number of hydrogen-bond acceptors (Lipinski definition) is 6. The number of amides is 1. The van der Waals surface area contributed by atoms with Crippen molar-refractivity contribution in [3.63, 3.8) is 0 Å². The molecule has 9 heteroatoms. The minimum Gasteiger partial charge on any atom is -0.477 e.